The number of hydrogen-bond donors (Lipinski definition) is 4. The van der Waals surface area contributed by atoms with Crippen LogP contribution in [0.25, 0.3) is 11.1 Å². The topological polar surface area (TPSA) is 138 Å². The Morgan fingerprint density at radius 1 is 0.615 bits per heavy atom. The molecule has 0 aliphatic heterocycles. The summed E-state index contributed by atoms with van der Waals surface area (Å²) < 4.78 is 0. The summed E-state index contributed by atoms with van der Waals surface area (Å²) in [5.74, 6) is -1.51. The first-order chi connectivity index (χ1) is 12.3. The van der Waals surface area contributed by atoms with Crippen LogP contribution < -0.4 is 22.9 Å². The summed E-state index contributed by atoms with van der Waals surface area (Å²) in [6.45, 7) is 0. The van der Waals surface area contributed by atoms with E-state index in [1.54, 1.807) is 48.5 Å². The third-order valence-corrected chi connectivity index (χ3v) is 4.63. The zero-order valence-electron chi connectivity index (χ0n) is 14.1. The highest BCUT2D eigenvalue weighted by molar-refractivity contribution is 6.18. The zero-order valence-corrected chi connectivity index (χ0v) is 14.1. The Morgan fingerprint density at radius 2 is 0.923 bits per heavy atom. The Labute approximate surface area is 151 Å². The third-order valence-electron chi connectivity index (χ3n) is 4.63. The lowest BCUT2D eigenvalue weighted by Crippen LogP contribution is -2.59. The standard InChI is InChI=1S/C20H20N4O2/c21-17(25)19(23)11-12-20(24,18(22)26)16(14-9-5-2-6-10-14)15(19)13-7-3-1-4-8-13/h1-12H,23-24H2,(H2,21,25)(H2,22,26). The lowest BCUT2D eigenvalue weighted by atomic mass is 9.68. The monoisotopic (exact) mass is 348 g/mol. The number of benzene rings is 2. The van der Waals surface area contributed by atoms with Crippen LogP contribution in [0.2, 0.25) is 0 Å². The number of carbonyl (C=O) groups excluding carboxylic acids is 2. The van der Waals surface area contributed by atoms with Crippen molar-refractivity contribution in [1.29, 1.82) is 0 Å². The number of amides is 2. The maximum atomic E-state index is 12.3. The molecule has 1 aliphatic rings. The van der Waals surface area contributed by atoms with Crippen molar-refractivity contribution in [2.24, 2.45) is 22.9 Å². The number of nitrogens with two attached hydrogens (primary N) is 4. The van der Waals surface area contributed by atoms with E-state index < -0.39 is 22.9 Å². The first kappa shape index (κ1) is 17.6. The van der Waals surface area contributed by atoms with Crippen LogP contribution in [0.4, 0.5) is 0 Å². The summed E-state index contributed by atoms with van der Waals surface area (Å²) in [5.41, 5.74) is 22.8. The quantitative estimate of drug-likeness (QED) is 0.599. The Balaban J connectivity index is 2.47. The second kappa shape index (κ2) is 6.25. The van der Waals surface area contributed by atoms with Crippen LogP contribution in [0.15, 0.2) is 72.8 Å². The first-order valence-corrected chi connectivity index (χ1v) is 8.04. The van der Waals surface area contributed by atoms with Gasteiger partial charge < -0.3 is 22.9 Å². The molecule has 2 unspecified atom stereocenters. The van der Waals surface area contributed by atoms with E-state index in [0.29, 0.717) is 22.3 Å². The molecule has 2 aromatic carbocycles. The lowest BCUT2D eigenvalue weighted by Gasteiger charge is -2.39. The van der Waals surface area contributed by atoms with Gasteiger partial charge in [-0.05, 0) is 22.3 Å². The fourth-order valence-corrected chi connectivity index (χ4v) is 3.23. The van der Waals surface area contributed by atoms with Crippen LogP contribution in [-0.4, -0.2) is 22.9 Å². The minimum Gasteiger partial charge on any atom is -0.367 e. The molecule has 132 valence electrons. The van der Waals surface area contributed by atoms with Crippen molar-refractivity contribution < 1.29 is 9.59 Å². The second-order valence-corrected chi connectivity index (χ2v) is 6.28. The highest BCUT2D eigenvalue weighted by Gasteiger charge is 2.48. The van der Waals surface area contributed by atoms with E-state index in [2.05, 4.69) is 0 Å². The molecular formula is C20H20N4O2. The van der Waals surface area contributed by atoms with E-state index in [4.69, 9.17) is 22.9 Å². The van der Waals surface area contributed by atoms with Crippen LogP contribution in [-0.2, 0) is 9.59 Å². The van der Waals surface area contributed by atoms with Crippen LogP contribution >= 0.6 is 0 Å². The average Bonchev–Trinajstić information content (AvgIpc) is 2.64. The molecule has 2 aromatic rings. The number of primary amides is 2. The molecule has 26 heavy (non-hydrogen) atoms. The van der Waals surface area contributed by atoms with Gasteiger partial charge in [0.2, 0.25) is 11.8 Å². The Bertz CT molecular complexity index is 846. The van der Waals surface area contributed by atoms with Gasteiger partial charge in [-0.1, -0.05) is 72.8 Å². The van der Waals surface area contributed by atoms with E-state index in [9.17, 15) is 9.59 Å². The van der Waals surface area contributed by atoms with Gasteiger partial charge in [0.15, 0.2) is 0 Å². The molecule has 0 heterocycles. The largest absolute Gasteiger partial charge is 0.367 e. The van der Waals surface area contributed by atoms with Gasteiger partial charge in [-0.2, -0.15) is 0 Å². The van der Waals surface area contributed by atoms with Crippen molar-refractivity contribution in [3.8, 4) is 0 Å². The Hall–Kier alpha value is -3.22. The molecule has 0 fully saturated rings. The van der Waals surface area contributed by atoms with Crippen LogP contribution in [0, 0.1) is 0 Å². The minimum absolute atomic E-state index is 0.362. The van der Waals surface area contributed by atoms with Crippen molar-refractivity contribution in [1.82, 2.24) is 0 Å². The van der Waals surface area contributed by atoms with E-state index in [-0.39, 0.29) is 0 Å². The maximum absolute atomic E-state index is 12.3. The predicted molar refractivity (Wildman–Crippen MR) is 101 cm³/mol. The molecule has 1 aliphatic carbocycles. The van der Waals surface area contributed by atoms with Gasteiger partial charge in [-0.3, -0.25) is 9.59 Å². The van der Waals surface area contributed by atoms with Gasteiger partial charge in [-0.15, -0.1) is 0 Å². The van der Waals surface area contributed by atoms with Gasteiger partial charge >= 0.3 is 0 Å². The summed E-state index contributed by atoms with van der Waals surface area (Å²) in [6, 6.07) is 18.0. The fraction of sp³-hybridized carbons (Fsp3) is 0.100. The van der Waals surface area contributed by atoms with Crippen molar-refractivity contribution in [2.45, 2.75) is 11.1 Å². The van der Waals surface area contributed by atoms with Gasteiger partial charge in [-0.25, -0.2) is 0 Å². The van der Waals surface area contributed by atoms with E-state index in [0.717, 1.165) is 0 Å². The second-order valence-electron chi connectivity index (χ2n) is 6.28. The number of hydrogen-bond acceptors (Lipinski definition) is 4. The molecule has 3 rings (SSSR count). The smallest absolute Gasteiger partial charge is 0.246 e. The molecular weight excluding hydrogens is 328 g/mol. The Kier molecular flexibility index (Phi) is 4.23. The molecule has 0 saturated carbocycles. The molecule has 0 bridgehead atoms. The number of carbonyl (C=O) groups is 2. The van der Waals surface area contributed by atoms with Crippen molar-refractivity contribution in [2.75, 3.05) is 0 Å². The molecule has 0 aromatic heterocycles. The molecule has 2 amide bonds. The lowest BCUT2D eigenvalue weighted by molar-refractivity contribution is -0.121. The highest BCUT2D eigenvalue weighted by Crippen LogP contribution is 2.43. The number of rotatable bonds is 4. The van der Waals surface area contributed by atoms with E-state index in [1.165, 1.54) is 12.2 Å². The van der Waals surface area contributed by atoms with Gasteiger partial charge in [0.05, 0.1) is 0 Å². The van der Waals surface area contributed by atoms with Gasteiger partial charge in [0.1, 0.15) is 11.1 Å². The predicted octanol–water partition coefficient (Wildman–Crippen LogP) is 0.533. The third kappa shape index (κ3) is 2.61. The van der Waals surface area contributed by atoms with Crippen molar-refractivity contribution in [3.05, 3.63) is 83.9 Å². The molecule has 0 radical (unpaired) electrons. The zero-order chi connectivity index (χ0) is 18.9. The molecule has 2 atom stereocenters. The summed E-state index contributed by atoms with van der Waals surface area (Å²) in [4.78, 5) is 24.5. The molecule has 8 N–H and O–H groups in total. The van der Waals surface area contributed by atoms with E-state index >= 15 is 0 Å². The Morgan fingerprint density at radius 3 is 1.19 bits per heavy atom. The summed E-state index contributed by atoms with van der Waals surface area (Å²) >= 11 is 0. The summed E-state index contributed by atoms with van der Waals surface area (Å²) in [6.07, 6.45) is 2.71. The van der Waals surface area contributed by atoms with E-state index in [1.807, 2.05) is 12.1 Å². The van der Waals surface area contributed by atoms with Crippen molar-refractivity contribution >= 4 is 23.0 Å². The molecule has 6 heteroatoms. The van der Waals surface area contributed by atoms with Crippen LogP contribution in [0.3, 0.4) is 0 Å². The van der Waals surface area contributed by atoms with Crippen LogP contribution in [0.5, 0.6) is 0 Å². The molecule has 0 spiro atoms. The SMILES string of the molecule is NC(=O)C1(N)C=CC(N)(C(N)=O)C(c2ccccc2)=C1c1ccccc1. The summed E-state index contributed by atoms with van der Waals surface area (Å²) in [7, 11) is 0. The average molecular weight is 348 g/mol. The molecule has 6 nitrogen and oxygen atoms in total. The normalized spacial score (nSPS) is 25.2. The first-order valence-electron chi connectivity index (χ1n) is 8.04. The van der Waals surface area contributed by atoms with Gasteiger partial charge in [0, 0.05) is 0 Å². The van der Waals surface area contributed by atoms with Crippen LogP contribution in [0.1, 0.15) is 11.1 Å². The highest BCUT2D eigenvalue weighted by atomic mass is 16.2. The van der Waals surface area contributed by atoms with Gasteiger partial charge in [0.25, 0.3) is 0 Å². The molecule has 0 saturated heterocycles. The fourth-order valence-electron chi connectivity index (χ4n) is 3.23. The minimum atomic E-state index is -1.63. The van der Waals surface area contributed by atoms with Crippen molar-refractivity contribution in [3.63, 3.8) is 0 Å². The summed E-state index contributed by atoms with van der Waals surface area (Å²) in [5, 5.41) is 0. The maximum Gasteiger partial charge on any atom is 0.246 e.